The van der Waals surface area contributed by atoms with Gasteiger partial charge in [0.05, 0.1) is 18.8 Å². The van der Waals surface area contributed by atoms with Gasteiger partial charge in [-0.1, -0.05) is 85.2 Å². The van der Waals surface area contributed by atoms with E-state index in [1.54, 1.807) is 0 Å². The van der Waals surface area contributed by atoms with Gasteiger partial charge in [-0.25, -0.2) is 9.69 Å². The highest BCUT2D eigenvalue weighted by Gasteiger charge is 2.51. The Morgan fingerprint density at radius 3 is 2.36 bits per heavy atom. The number of carbonyl (C=O) groups is 2. The second-order valence-corrected chi connectivity index (χ2v) is 10.3. The number of hydrogen-bond donors (Lipinski definition) is 0. The van der Waals surface area contributed by atoms with Crippen LogP contribution in [0.2, 0.25) is 0 Å². The molecule has 6 heteroatoms. The lowest BCUT2D eigenvalue weighted by Gasteiger charge is -2.30. The Labute approximate surface area is 204 Å². The standard InChI is InChI=1S/C27H32BrNO4/c1-18(2)25-27(4,5)33-26(31)29(25)23(30)16-11-19(3)24(21-12-14-22(28)15-13-21)32-17-20-9-7-6-8-10-20/h6-16,18-19,24-25H,17H2,1-5H3/b16-11+/t19-,24+,25-/m0/s1. The molecule has 0 unspecified atom stereocenters. The summed E-state index contributed by atoms with van der Waals surface area (Å²) in [4.78, 5) is 26.7. The van der Waals surface area contributed by atoms with Gasteiger partial charge in [0, 0.05) is 16.5 Å². The third kappa shape index (κ3) is 6.12. The van der Waals surface area contributed by atoms with E-state index in [0.717, 1.165) is 15.6 Å². The molecule has 33 heavy (non-hydrogen) atoms. The SMILES string of the molecule is CC(C)[C@@H]1N(C(=O)/C=C/[C@H](C)[C@@H](OCc2ccccc2)c2ccc(Br)cc2)C(=O)OC1(C)C. The second-order valence-electron chi connectivity index (χ2n) is 9.36. The molecule has 2 aromatic rings. The monoisotopic (exact) mass is 513 g/mol. The average molecular weight is 514 g/mol. The molecular formula is C27H32BrNO4. The van der Waals surface area contributed by atoms with E-state index in [2.05, 4.69) is 15.9 Å². The van der Waals surface area contributed by atoms with Crippen molar-refractivity contribution in [2.75, 3.05) is 0 Å². The van der Waals surface area contributed by atoms with Gasteiger partial charge in [-0.2, -0.15) is 0 Å². The van der Waals surface area contributed by atoms with Gasteiger partial charge in [-0.15, -0.1) is 0 Å². The predicted molar refractivity (Wildman–Crippen MR) is 132 cm³/mol. The van der Waals surface area contributed by atoms with Crippen LogP contribution in [-0.4, -0.2) is 28.5 Å². The minimum atomic E-state index is -0.723. The van der Waals surface area contributed by atoms with Crippen molar-refractivity contribution in [2.45, 2.75) is 59.0 Å². The minimum Gasteiger partial charge on any atom is -0.441 e. The molecule has 1 heterocycles. The largest absolute Gasteiger partial charge is 0.441 e. The smallest absolute Gasteiger partial charge is 0.417 e. The van der Waals surface area contributed by atoms with Crippen LogP contribution in [0, 0.1) is 11.8 Å². The first-order valence-electron chi connectivity index (χ1n) is 11.3. The zero-order valence-electron chi connectivity index (χ0n) is 19.8. The molecule has 5 nitrogen and oxygen atoms in total. The third-order valence-electron chi connectivity index (χ3n) is 5.90. The molecule has 0 aromatic heterocycles. The minimum absolute atomic E-state index is 0.0749. The van der Waals surface area contributed by atoms with E-state index in [1.807, 2.05) is 95.3 Å². The highest BCUT2D eigenvalue weighted by molar-refractivity contribution is 9.10. The topological polar surface area (TPSA) is 55.8 Å². The molecule has 1 aliphatic heterocycles. The fourth-order valence-corrected chi connectivity index (χ4v) is 4.73. The Morgan fingerprint density at radius 1 is 1.12 bits per heavy atom. The lowest BCUT2D eigenvalue weighted by Crippen LogP contribution is -2.47. The van der Waals surface area contributed by atoms with Crippen LogP contribution in [0.25, 0.3) is 0 Å². The normalized spacial score (nSPS) is 19.7. The number of cyclic esters (lactones) is 1. The Morgan fingerprint density at radius 2 is 1.76 bits per heavy atom. The Bertz CT molecular complexity index is 985. The number of imide groups is 1. The molecule has 3 atom stereocenters. The van der Waals surface area contributed by atoms with Crippen molar-refractivity contribution in [3.8, 4) is 0 Å². The first-order valence-corrected chi connectivity index (χ1v) is 12.0. The summed E-state index contributed by atoms with van der Waals surface area (Å²) in [6.07, 6.45) is 2.44. The van der Waals surface area contributed by atoms with Crippen molar-refractivity contribution in [3.63, 3.8) is 0 Å². The van der Waals surface area contributed by atoms with Crippen LogP contribution in [0.1, 0.15) is 51.8 Å². The van der Waals surface area contributed by atoms with Crippen LogP contribution in [0.5, 0.6) is 0 Å². The number of hydrogen-bond acceptors (Lipinski definition) is 4. The van der Waals surface area contributed by atoms with Gasteiger partial charge < -0.3 is 9.47 Å². The fraction of sp³-hybridized carbons (Fsp3) is 0.407. The molecule has 0 spiro atoms. The first-order chi connectivity index (χ1) is 15.6. The number of amides is 2. The molecule has 0 saturated carbocycles. The first kappa shape index (κ1) is 25.2. The zero-order chi connectivity index (χ0) is 24.2. The fourth-order valence-electron chi connectivity index (χ4n) is 4.47. The predicted octanol–water partition coefficient (Wildman–Crippen LogP) is 6.68. The van der Waals surface area contributed by atoms with Crippen molar-refractivity contribution in [3.05, 3.63) is 82.3 Å². The Hall–Kier alpha value is -2.44. The number of benzene rings is 2. The highest BCUT2D eigenvalue weighted by atomic mass is 79.9. The average Bonchev–Trinajstić information content (AvgIpc) is 3.02. The molecule has 1 fully saturated rings. The summed E-state index contributed by atoms with van der Waals surface area (Å²) in [5, 5.41) is 0. The quantitative estimate of drug-likeness (QED) is 0.369. The highest BCUT2D eigenvalue weighted by Crippen LogP contribution is 2.35. The van der Waals surface area contributed by atoms with Crippen LogP contribution in [0.3, 0.4) is 0 Å². The van der Waals surface area contributed by atoms with Gasteiger partial charge in [-0.05, 0) is 43.0 Å². The van der Waals surface area contributed by atoms with Crippen molar-refractivity contribution < 1.29 is 19.1 Å². The van der Waals surface area contributed by atoms with Crippen molar-refractivity contribution in [1.82, 2.24) is 4.90 Å². The molecule has 176 valence electrons. The van der Waals surface area contributed by atoms with Crippen molar-refractivity contribution >= 4 is 27.9 Å². The van der Waals surface area contributed by atoms with E-state index in [9.17, 15) is 9.59 Å². The van der Waals surface area contributed by atoms with Crippen molar-refractivity contribution in [2.24, 2.45) is 11.8 Å². The molecule has 1 aliphatic rings. The van der Waals surface area contributed by atoms with E-state index in [-0.39, 0.29) is 29.9 Å². The maximum absolute atomic E-state index is 13.0. The van der Waals surface area contributed by atoms with Crippen LogP contribution >= 0.6 is 15.9 Å². The molecule has 2 amide bonds. The van der Waals surface area contributed by atoms with E-state index in [4.69, 9.17) is 9.47 Å². The zero-order valence-corrected chi connectivity index (χ0v) is 21.4. The number of nitrogens with zero attached hydrogens (tertiary/aromatic N) is 1. The van der Waals surface area contributed by atoms with Gasteiger partial charge in [0.15, 0.2) is 0 Å². The molecule has 3 rings (SSSR count). The number of rotatable bonds is 8. The van der Waals surface area contributed by atoms with Crippen LogP contribution in [-0.2, 0) is 20.9 Å². The van der Waals surface area contributed by atoms with Crippen LogP contribution in [0.15, 0.2) is 71.2 Å². The van der Waals surface area contributed by atoms with Crippen molar-refractivity contribution in [1.29, 1.82) is 0 Å². The lowest BCUT2D eigenvalue weighted by atomic mass is 9.89. The molecule has 2 aromatic carbocycles. The van der Waals surface area contributed by atoms with Gasteiger partial charge in [0.1, 0.15) is 5.60 Å². The van der Waals surface area contributed by atoms with Gasteiger partial charge in [0.25, 0.3) is 5.91 Å². The van der Waals surface area contributed by atoms with Gasteiger partial charge in [-0.3, -0.25) is 4.79 Å². The molecule has 0 radical (unpaired) electrons. The summed E-state index contributed by atoms with van der Waals surface area (Å²) in [6.45, 7) is 10.1. The number of carbonyl (C=O) groups excluding carboxylic acids is 2. The Balaban J connectivity index is 1.79. The summed E-state index contributed by atoms with van der Waals surface area (Å²) in [5.74, 6) is -0.400. The molecular weight excluding hydrogens is 482 g/mol. The van der Waals surface area contributed by atoms with E-state index in [0.29, 0.717) is 6.61 Å². The maximum atomic E-state index is 13.0. The van der Waals surface area contributed by atoms with Crippen LogP contribution < -0.4 is 0 Å². The number of halogens is 1. The summed E-state index contributed by atoms with van der Waals surface area (Å²) in [6, 6.07) is 17.6. The molecule has 0 aliphatic carbocycles. The molecule has 0 N–H and O–H groups in total. The van der Waals surface area contributed by atoms with E-state index < -0.39 is 11.7 Å². The van der Waals surface area contributed by atoms with E-state index in [1.165, 1.54) is 11.0 Å². The van der Waals surface area contributed by atoms with E-state index >= 15 is 0 Å². The summed E-state index contributed by atoms with van der Waals surface area (Å²) >= 11 is 3.48. The van der Waals surface area contributed by atoms with Gasteiger partial charge in [0.2, 0.25) is 0 Å². The third-order valence-corrected chi connectivity index (χ3v) is 6.43. The summed E-state index contributed by atoms with van der Waals surface area (Å²) in [5.41, 5.74) is 1.37. The molecule has 1 saturated heterocycles. The van der Waals surface area contributed by atoms with Crippen LogP contribution in [0.4, 0.5) is 4.79 Å². The summed E-state index contributed by atoms with van der Waals surface area (Å²) in [7, 11) is 0. The van der Waals surface area contributed by atoms with Gasteiger partial charge >= 0.3 is 6.09 Å². The number of ether oxygens (including phenoxy) is 2. The summed E-state index contributed by atoms with van der Waals surface area (Å²) < 4.78 is 12.8. The second kappa shape index (κ2) is 10.7. The molecule has 0 bridgehead atoms. The Kier molecular flexibility index (Phi) is 8.14. The lowest BCUT2D eigenvalue weighted by molar-refractivity contribution is -0.125. The maximum Gasteiger partial charge on any atom is 0.417 e.